The van der Waals surface area contributed by atoms with Crippen LogP contribution in [-0.2, 0) is 6.42 Å². The zero-order valence-electron chi connectivity index (χ0n) is 6.76. The molecule has 0 aliphatic rings. The average Bonchev–Trinajstić information content (AvgIpc) is 2.37. The monoisotopic (exact) mass is 176 g/mol. The highest BCUT2D eigenvalue weighted by Crippen LogP contribution is 2.09. The Balaban J connectivity index is 0.000001000. The number of anilines is 1. The Morgan fingerprint density at radius 2 is 2.36 bits per heavy atom. The van der Waals surface area contributed by atoms with Crippen LogP contribution in [0.4, 0.5) is 5.88 Å². The van der Waals surface area contributed by atoms with Crippen molar-refractivity contribution in [2.45, 2.75) is 19.8 Å². The van der Waals surface area contributed by atoms with Crippen LogP contribution in [0.15, 0.2) is 10.6 Å². The molecule has 1 aromatic rings. The molecule has 0 saturated carbocycles. The van der Waals surface area contributed by atoms with Crippen LogP contribution in [0, 0.1) is 0 Å². The van der Waals surface area contributed by atoms with E-state index >= 15 is 0 Å². The van der Waals surface area contributed by atoms with Crippen LogP contribution in [0.2, 0.25) is 0 Å². The number of aromatic nitrogens is 1. The molecule has 0 atom stereocenters. The van der Waals surface area contributed by atoms with E-state index < -0.39 is 0 Å². The van der Waals surface area contributed by atoms with Gasteiger partial charge in [0.05, 0.1) is 5.69 Å². The van der Waals surface area contributed by atoms with Crippen molar-refractivity contribution in [2.75, 3.05) is 12.4 Å². The van der Waals surface area contributed by atoms with E-state index in [1.807, 2.05) is 13.1 Å². The van der Waals surface area contributed by atoms with E-state index in [0.29, 0.717) is 0 Å². The lowest BCUT2D eigenvalue weighted by Gasteiger charge is -1.84. The molecule has 0 fully saturated rings. The molecule has 0 aromatic carbocycles. The van der Waals surface area contributed by atoms with E-state index in [1.165, 1.54) is 0 Å². The molecule has 64 valence electrons. The van der Waals surface area contributed by atoms with Gasteiger partial charge in [0.15, 0.2) is 0 Å². The maximum absolute atomic E-state index is 4.91. The first-order valence-corrected chi connectivity index (χ1v) is 3.50. The highest BCUT2D eigenvalue weighted by atomic mass is 35.5. The minimum atomic E-state index is 0. The number of hydrogen-bond acceptors (Lipinski definition) is 3. The van der Waals surface area contributed by atoms with Crippen LogP contribution in [-0.4, -0.2) is 12.2 Å². The first kappa shape index (κ1) is 10.3. The molecule has 0 saturated heterocycles. The summed E-state index contributed by atoms with van der Waals surface area (Å²) in [7, 11) is 1.82. The molecule has 0 radical (unpaired) electrons. The van der Waals surface area contributed by atoms with Gasteiger partial charge < -0.3 is 9.84 Å². The van der Waals surface area contributed by atoms with Crippen molar-refractivity contribution >= 4 is 18.3 Å². The van der Waals surface area contributed by atoms with E-state index in [2.05, 4.69) is 17.4 Å². The molecule has 1 aromatic heterocycles. The van der Waals surface area contributed by atoms with Gasteiger partial charge in [-0.1, -0.05) is 18.5 Å². The molecule has 0 aliphatic carbocycles. The summed E-state index contributed by atoms with van der Waals surface area (Å²) >= 11 is 0. The van der Waals surface area contributed by atoms with Crippen molar-refractivity contribution in [3.63, 3.8) is 0 Å². The number of aryl methyl sites for hydroxylation is 1. The first-order chi connectivity index (χ1) is 4.86. The van der Waals surface area contributed by atoms with Gasteiger partial charge in [-0.05, 0) is 6.42 Å². The van der Waals surface area contributed by atoms with Crippen LogP contribution in [0.3, 0.4) is 0 Å². The van der Waals surface area contributed by atoms with Crippen LogP contribution in [0.1, 0.15) is 19.0 Å². The summed E-state index contributed by atoms with van der Waals surface area (Å²) in [4.78, 5) is 0. The molecule has 1 rings (SSSR count). The van der Waals surface area contributed by atoms with Gasteiger partial charge in [-0.2, -0.15) is 0 Å². The Labute approximate surface area is 72.6 Å². The number of rotatable bonds is 3. The number of hydrogen-bond donors (Lipinski definition) is 1. The lowest BCUT2D eigenvalue weighted by molar-refractivity contribution is 0.424. The number of nitrogens with zero attached hydrogens (tertiary/aromatic N) is 1. The Hall–Kier alpha value is -0.700. The van der Waals surface area contributed by atoms with E-state index in [0.717, 1.165) is 24.4 Å². The van der Waals surface area contributed by atoms with Crippen molar-refractivity contribution < 1.29 is 4.52 Å². The van der Waals surface area contributed by atoms with Gasteiger partial charge in [0.2, 0.25) is 5.88 Å². The van der Waals surface area contributed by atoms with E-state index in [9.17, 15) is 0 Å². The zero-order chi connectivity index (χ0) is 7.40. The smallest absolute Gasteiger partial charge is 0.224 e. The van der Waals surface area contributed by atoms with Crippen molar-refractivity contribution in [3.05, 3.63) is 11.8 Å². The van der Waals surface area contributed by atoms with Gasteiger partial charge in [-0.15, -0.1) is 12.4 Å². The SMILES string of the molecule is CCCc1cc(NC)on1.Cl. The van der Waals surface area contributed by atoms with E-state index in [-0.39, 0.29) is 12.4 Å². The third kappa shape index (κ3) is 2.80. The molecular formula is C7H13ClN2O. The standard InChI is InChI=1S/C7H12N2O.ClH/c1-3-4-6-5-7(8-2)10-9-6;/h5,8H,3-4H2,1-2H3;1H. The van der Waals surface area contributed by atoms with Crippen LogP contribution < -0.4 is 5.32 Å². The first-order valence-electron chi connectivity index (χ1n) is 3.50. The molecule has 0 bridgehead atoms. The summed E-state index contributed by atoms with van der Waals surface area (Å²) in [5, 5.41) is 6.72. The zero-order valence-corrected chi connectivity index (χ0v) is 7.57. The van der Waals surface area contributed by atoms with Gasteiger partial charge in [-0.3, -0.25) is 0 Å². The van der Waals surface area contributed by atoms with Crippen LogP contribution >= 0.6 is 12.4 Å². The van der Waals surface area contributed by atoms with Gasteiger partial charge in [0.1, 0.15) is 0 Å². The molecule has 3 nitrogen and oxygen atoms in total. The third-order valence-electron chi connectivity index (χ3n) is 1.31. The largest absolute Gasteiger partial charge is 0.357 e. The summed E-state index contributed by atoms with van der Waals surface area (Å²) in [6.07, 6.45) is 2.10. The molecule has 0 amide bonds. The van der Waals surface area contributed by atoms with E-state index in [4.69, 9.17) is 4.52 Å². The van der Waals surface area contributed by atoms with Crippen molar-refractivity contribution in [2.24, 2.45) is 0 Å². The summed E-state index contributed by atoms with van der Waals surface area (Å²) in [5.74, 6) is 0.739. The second kappa shape index (κ2) is 5.02. The molecule has 4 heteroatoms. The fraction of sp³-hybridized carbons (Fsp3) is 0.571. The van der Waals surface area contributed by atoms with Crippen molar-refractivity contribution in [1.29, 1.82) is 0 Å². The minimum absolute atomic E-state index is 0. The normalized spacial score (nSPS) is 8.91. The third-order valence-corrected chi connectivity index (χ3v) is 1.31. The Kier molecular flexibility index (Phi) is 4.70. The summed E-state index contributed by atoms with van der Waals surface area (Å²) in [6.45, 7) is 2.12. The minimum Gasteiger partial charge on any atom is -0.357 e. The molecule has 0 unspecified atom stereocenters. The Bertz CT molecular complexity index is 200. The van der Waals surface area contributed by atoms with Crippen LogP contribution in [0.5, 0.6) is 0 Å². The molecule has 0 spiro atoms. The molecular weight excluding hydrogens is 164 g/mol. The maximum atomic E-state index is 4.91. The predicted octanol–water partition coefficient (Wildman–Crippen LogP) is 2.09. The highest BCUT2D eigenvalue weighted by molar-refractivity contribution is 5.85. The van der Waals surface area contributed by atoms with E-state index in [1.54, 1.807) is 0 Å². The lowest BCUT2D eigenvalue weighted by atomic mass is 10.2. The van der Waals surface area contributed by atoms with Crippen molar-refractivity contribution in [1.82, 2.24) is 5.16 Å². The molecule has 1 heterocycles. The second-order valence-corrected chi connectivity index (χ2v) is 2.18. The fourth-order valence-electron chi connectivity index (χ4n) is 0.804. The van der Waals surface area contributed by atoms with Gasteiger partial charge >= 0.3 is 0 Å². The molecule has 1 N–H and O–H groups in total. The second-order valence-electron chi connectivity index (χ2n) is 2.18. The lowest BCUT2D eigenvalue weighted by Crippen LogP contribution is -1.83. The quantitative estimate of drug-likeness (QED) is 0.767. The number of halogens is 1. The van der Waals surface area contributed by atoms with Gasteiger partial charge in [0, 0.05) is 13.1 Å². The molecule has 11 heavy (non-hydrogen) atoms. The summed E-state index contributed by atoms with van der Waals surface area (Å²) < 4.78 is 4.91. The summed E-state index contributed by atoms with van der Waals surface area (Å²) in [5.41, 5.74) is 1.02. The van der Waals surface area contributed by atoms with Gasteiger partial charge in [0.25, 0.3) is 0 Å². The Morgan fingerprint density at radius 3 is 2.82 bits per heavy atom. The summed E-state index contributed by atoms with van der Waals surface area (Å²) in [6, 6.07) is 1.92. The fourth-order valence-corrected chi connectivity index (χ4v) is 0.804. The Morgan fingerprint density at radius 1 is 1.64 bits per heavy atom. The van der Waals surface area contributed by atoms with Gasteiger partial charge in [-0.25, -0.2) is 0 Å². The predicted molar refractivity (Wildman–Crippen MR) is 47.3 cm³/mol. The highest BCUT2D eigenvalue weighted by Gasteiger charge is 1.98. The van der Waals surface area contributed by atoms with Crippen LogP contribution in [0.25, 0.3) is 0 Å². The average molecular weight is 177 g/mol. The van der Waals surface area contributed by atoms with Crippen molar-refractivity contribution in [3.8, 4) is 0 Å². The molecule has 0 aliphatic heterocycles. The maximum Gasteiger partial charge on any atom is 0.224 e. The topological polar surface area (TPSA) is 38.1 Å². The number of nitrogens with one attached hydrogen (secondary N) is 1.